The van der Waals surface area contributed by atoms with Gasteiger partial charge in [-0.2, -0.15) is 5.10 Å². The maximum absolute atomic E-state index is 13.3. The van der Waals surface area contributed by atoms with Gasteiger partial charge in [-0.25, -0.2) is 9.48 Å². The van der Waals surface area contributed by atoms with Crippen LogP contribution in [0.2, 0.25) is 0 Å². The third-order valence-corrected chi connectivity index (χ3v) is 6.15. The van der Waals surface area contributed by atoms with E-state index in [1.807, 2.05) is 97.9 Å². The Labute approximate surface area is 224 Å². The number of rotatable bonds is 8. The Morgan fingerprint density at radius 2 is 1.47 bits per heavy atom. The molecule has 0 unspecified atom stereocenters. The maximum Gasteiger partial charge on any atom is 0.318 e. The highest BCUT2D eigenvalue weighted by atomic mass is 16.2. The Morgan fingerprint density at radius 1 is 0.868 bits per heavy atom. The van der Waals surface area contributed by atoms with Crippen LogP contribution < -0.4 is 10.6 Å². The van der Waals surface area contributed by atoms with Crippen molar-refractivity contribution in [1.29, 1.82) is 0 Å². The van der Waals surface area contributed by atoms with Crippen LogP contribution in [0.3, 0.4) is 0 Å². The molecule has 0 aliphatic heterocycles. The lowest BCUT2D eigenvalue weighted by molar-refractivity contribution is -0.116. The van der Waals surface area contributed by atoms with Crippen LogP contribution in [0.25, 0.3) is 5.69 Å². The number of aromatic nitrogens is 2. The van der Waals surface area contributed by atoms with Crippen LogP contribution in [0.1, 0.15) is 43.2 Å². The molecule has 2 N–H and O–H groups in total. The summed E-state index contributed by atoms with van der Waals surface area (Å²) in [6, 6.07) is 28.9. The number of aryl methyl sites for hydroxylation is 1. The lowest BCUT2D eigenvalue weighted by atomic mass is 9.92. The van der Waals surface area contributed by atoms with Gasteiger partial charge in [0.2, 0.25) is 5.91 Å². The Morgan fingerprint density at radius 3 is 2.08 bits per heavy atom. The number of nitrogens with one attached hydrogen (secondary N) is 2. The average molecular weight is 510 g/mol. The van der Waals surface area contributed by atoms with Gasteiger partial charge in [0, 0.05) is 24.6 Å². The molecule has 0 bridgehead atoms. The fourth-order valence-corrected chi connectivity index (χ4v) is 3.96. The molecule has 0 fully saturated rings. The molecule has 0 aliphatic carbocycles. The van der Waals surface area contributed by atoms with Gasteiger partial charge < -0.3 is 15.5 Å². The topological polar surface area (TPSA) is 79.3 Å². The molecule has 0 saturated heterocycles. The van der Waals surface area contributed by atoms with Crippen LogP contribution in [0, 0.1) is 6.92 Å². The number of benzene rings is 3. The molecule has 1 heterocycles. The van der Waals surface area contributed by atoms with Gasteiger partial charge in [-0.1, -0.05) is 99.1 Å². The normalized spacial score (nSPS) is 11.2. The first-order chi connectivity index (χ1) is 18.2. The lowest BCUT2D eigenvalue weighted by Gasteiger charge is -2.23. The summed E-state index contributed by atoms with van der Waals surface area (Å²) in [6.07, 6.45) is 0. The van der Waals surface area contributed by atoms with E-state index in [9.17, 15) is 9.59 Å². The van der Waals surface area contributed by atoms with Crippen molar-refractivity contribution in [2.75, 3.05) is 11.9 Å². The Hall–Kier alpha value is -4.39. The molecular weight excluding hydrogens is 474 g/mol. The second-order valence-electron chi connectivity index (χ2n) is 10.4. The zero-order chi connectivity index (χ0) is 27.1. The highest BCUT2D eigenvalue weighted by Crippen LogP contribution is 2.26. The third kappa shape index (κ3) is 7.09. The van der Waals surface area contributed by atoms with Crippen molar-refractivity contribution in [1.82, 2.24) is 20.0 Å². The van der Waals surface area contributed by atoms with E-state index in [1.165, 1.54) is 4.90 Å². The van der Waals surface area contributed by atoms with Gasteiger partial charge in [0.1, 0.15) is 12.4 Å². The molecule has 196 valence electrons. The van der Waals surface area contributed by atoms with Gasteiger partial charge in [-0.15, -0.1) is 0 Å². The van der Waals surface area contributed by atoms with Gasteiger partial charge in [0.15, 0.2) is 0 Å². The predicted molar refractivity (Wildman–Crippen MR) is 151 cm³/mol. The summed E-state index contributed by atoms with van der Waals surface area (Å²) in [5.74, 6) is 0.262. The van der Waals surface area contributed by atoms with E-state index >= 15 is 0 Å². The maximum atomic E-state index is 13.3. The second-order valence-corrected chi connectivity index (χ2v) is 10.4. The predicted octanol–water partition coefficient (Wildman–Crippen LogP) is 5.83. The number of amides is 3. The van der Waals surface area contributed by atoms with E-state index in [0.717, 1.165) is 28.1 Å². The van der Waals surface area contributed by atoms with Crippen molar-refractivity contribution < 1.29 is 9.59 Å². The quantitative estimate of drug-likeness (QED) is 0.314. The summed E-state index contributed by atoms with van der Waals surface area (Å²) in [7, 11) is 0. The van der Waals surface area contributed by atoms with Crippen LogP contribution in [-0.4, -0.2) is 33.2 Å². The van der Waals surface area contributed by atoms with E-state index in [1.54, 1.807) is 4.68 Å². The largest absolute Gasteiger partial charge is 0.334 e. The number of anilines is 1. The van der Waals surface area contributed by atoms with E-state index in [2.05, 4.69) is 31.4 Å². The summed E-state index contributed by atoms with van der Waals surface area (Å²) in [5, 5.41) is 10.7. The summed E-state index contributed by atoms with van der Waals surface area (Å²) < 4.78 is 1.74. The van der Waals surface area contributed by atoms with Gasteiger partial charge in [0.25, 0.3) is 0 Å². The number of carbonyl (C=O) groups is 2. The molecule has 1 aromatic heterocycles. The van der Waals surface area contributed by atoms with Gasteiger partial charge in [-0.3, -0.25) is 4.79 Å². The first-order valence-corrected chi connectivity index (χ1v) is 12.8. The van der Waals surface area contributed by atoms with E-state index in [-0.39, 0.29) is 23.9 Å². The first-order valence-electron chi connectivity index (χ1n) is 12.8. The lowest BCUT2D eigenvalue weighted by Crippen LogP contribution is -2.43. The Bertz CT molecular complexity index is 1360. The number of hydrogen-bond acceptors (Lipinski definition) is 3. The van der Waals surface area contributed by atoms with Gasteiger partial charge in [0.05, 0.1) is 11.4 Å². The molecule has 38 heavy (non-hydrogen) atoms. The Kier molecular flexibility index (Phi) is 8.26. The molecule has 0 radical (unpaired) electrons. The standard InChI is InChI=1S/C31H35N5O2/c1-23-15-17-26(18-16-23)36-28(19-27(34-36)31(2,3)4)33-29(37)22-35(21-25-13-9-6-10-14-25)30(38)32-20-24-11-7-5-8-12-24/h5-19H,20-22H2,1-4H3,(H,32,38)(H,33,37). The van der Waals surface area contributed by atoms with Crippen LogP contribution in [0.5, 0.6) is 0 Å². The van der Waals surface area contributed by atoms with Crippen LogP contribution in [0.4, 0.5) is 10.6 Å². The van der Waals surface area contributed by atoms with Crippen LogP contribution >= 0.6 is 0 Å². The van der Waals surface area contributed by atoms with Crippen LogP contribution in [-0.2, 0) is 23.3 Å². The zero-order valence-corrected chi connectivity index (χ0v) is 22.4. The molecule has 0 atom stereocenters. The summed E-state index contributed by atoms with van der Waals surface area (Å²) in [5.41, 5.74) is 4.57. The second kappa shape index (κ2) is 11.8. The van der Waals surface area contributed by atoms with Gasteiger partial charge in [-0.05, 0) is 30.2 Å². The third-order valence-electron chi connectivity index (χ3n) is 6.15. The van der Waals surface area contributed by atoms with Crippen molar-refractivity contribution in [2.24, 2.45) is 0 Å². The first kappa shape index (κ1) is 26.7. The molecule has 3 aromatic carbocycles. The number of nitrogens with zero attached hydrogens (tertiary/aromatic N) is 3. The minimum absolute atomic E-state index is 0.112. The average Bonchev–Trinajstić information content (AvgIpc) is 3.33. The molecule has 4 rings (SSSR count). The molecule has 0 spiro atoms. The fourth-order valence-electron chi connectivity index (χ4n) is 3.96. The van der Waals surface area contributed by atoms with Gasteiger partial charge >= 0.3 is 6.03 Å². The molecule has 3 amide bonds. The number of hydrogen-bond donors (Lipinski definition) is 2. The van der Waals surface area contributed by atoms with Crippen molar-refractivity contribution in [3.05, 3.63) is 113 Å². The van der Waals surface area contributed by atoms with Crippen LogP contribution in [0.15, 0.2) is 91.0 Å². The number of carbonyl (C=O) groups excluding carboxylic acids is 2. The molecule has 0 aliphatic rings. The molecule has 4 aromatic rings. The minimum atomic E-state index is -0.310. The smallest absolute Gasteiger partial charge is 0.318 e. The summed E-state index contributed by atoms with van der Waals surface area (Å²) in [4.78, 5) is 28.0. The zero-order valence-electron chi connectivity index (χ0n) is 22.4. The molecule has 0 saturated carbocycles. The summed E-state index contributed by atoms with van der Waals surface area (Å²) in [6.45, 7) is 8.85. The number of urea groups is 1. The molecular formula is C31H35N5O2. The molecule has 7 heteroatoms. The Balaban J connectivity index is 1.54. The SMILES string of the molecule is Cc1ccc(-n2nc(C(C)(C)C)cc2NC(=O)CN(Cc2ccccc2)C(=O)NCc2ccccc2)cc1. The van der Waals surface area contributed by atoms with Crippen molar-refractivity contribution in [2.45, 2.75) is 46.2 Å². The molecule has 7 nitrogen and oxygen atoms in total. The minimum Gasteiger partial charge on any atom is -0.334 e. The summed E-state index contributed by atoms with van der Waals surface area (Å²) >= 11 is 0. The monoisotopic (exact) mass is 509 g/mol. The highest BCUT2D eigenvalue weighted by Gasteiger charge is 2.23. The van der Waals surface area contributed by atoms with E-state index < -0.39 is 0 Å². The van der Waals surface area contributed by atoms with E-state index in [0.29, 0.717) is 18.9 Å². The van der Waals surface area contributed by atoms with Crippen molar-refractivity contribution in [3.8, 4) is 5.69 Å². The highest BCUT2D eigenvalue weighted by molar-refractivity contribution is 5.94. The van der Waals surface area contributed by atoms with Crippen molar-refractivity contribution in [3.63, 3.8) is 0 Å². The fraction of sp³-hybridized carbons (Fsp3) is 0.258. The van der Waals surface area contributed by atoms with Crippen molar-refractivity contribution >= 4 is 17.8 Å². The van der Waals surface area contributed by atoms with E-state index in [4.69, 9.17) is 5.10 Å².